The van der Waals surface area contributed by atoms with Crippen molar-refractivity contribution in [3.05, 3.63) is 0 Å². The fraction of sp³-hybridized carbons (Fsp3) is 1.00. The molecule has 0 aliphatic heterocycles. The summed E-state index contributed by atoms with van der Waals surface area (Å²) in [5, 5.41) is 6.01. The van der Waals surface area contributed by atoms with E-state index in [0.29, 0.717) is 11.8 Å². The zero-order chi connectivity index (χ0) is 14.0. The Hall–Kier alpha value is 0.110. The van der Waals surface area contributed by atoms with Crippen LogP contribution in [0.3, 0.4) is 0 Å². The van der Waals surface area contributed by atoms with Crippen LogP contribution in [0.15, 0.2) is 0 Å². The van der Waals surface area contributed by atoms with E-state index in [1.54, 1.807) is 0 Å². The molecule has 0 spiro atoms. The van der Waals surface area contributed by atoms with Gasteiger partial charge >= 0.3 is 0 Å². The Balaban J connectivity index is 2.28. The Morgan fingerprint density at radius 1 is 1.16 bits per heavy atom. The third-order valence-corrected chi connectivity index (χ3v) is 7.31. The van der Waals surface area contributed by atoms with Crippen LogP contribution in [0.2, 0.25) is 0 Å². The first kappa shape index (κ1) is 15.5. The highest BCUT2D eigenvalue weighted by molar-refractivity contribution is 7.84. The molecule has 2 aliphatic carbocycles. The van der Waals surface area contributed by atoms with Crippen LogP contribution in [0.1, 0.15) is 72.1 Å². The van der Waals surface area contributed by atoms with Gasteiger partial charge in [-0.05, 0) is 49.4 Å². The number of rotatable bonds is 3. The molecule has 2 nitrogen and oxygen atoms in total. The average molecular weight is 285 g/mol. The summed E-state index contributed by atoms with van der Waals surface area (Å²) in [6.07, 6.45) is 9.82. The molecule has 3 heteroatoms. The number of hydrogen-bond donors (Lipinski definition) is 1. The molecule has 2 N–H and O–H groups in total. The van der Waals surface area contributed by atoms with Crippen molar-refractivity contribution in [2.75, 3.05) is 0 Å². The highest BCUT2D eigenvalue weighted by Crippen LogP contribution is 2.50. The van der Waals surface area contributed by atoms with Crippen molar-refractivity contribution in [1.29, 1.82) is 0 Å². The fourth-order valence-corrected chi connectivity index (χ4v) is 5.94. The van der Waals surface area contributed by atoms with E-state index in [4.69, 9.17) is 5.14 Å². The summed E-state index contributed by atoms with van der Waals surface area (Å²) < 4.78 is 12.3. The first-order chi connectivity index (χ1) is 8.97. The Labute approximate surface area is 121 Å². The summed E-state index contributed by atoms with van der Waals surface area (Å²) in [4.78, 5) is 0. The van der Waals surface area contributed by atoms with Gasteiger partial charge in [-0.25, -0.2) is 4.21 Å². The van der Waals surface area contributed by atoms with Gasteiger partial charge in [0.25, 0.3) is 0 Å². The SMILES string of the molecule is CC1CCC(C(C)C)C(C2(S(N)=O)CCCCC2)C1. The van der Waals surface area contributed by atoms with Crippen LogP contribution in [-0.2, 0) is 11.0 Å². The van der Waals surface area contributed by atoms with Crippen molar-refractivity contribution in [2.24, 2.45) is 28.8 Å². The van der Waals surface area contributed by atoms with Crippen molar-refractivity contribution in [2.45, 2.75) is 76.9 Å². The van der Waals surface area contributed by atoms with Gasteiger partial charge in [0.15, 0.2) is 0 Å². The zero-order valence-electron chi connectivity index (χ0n) is 12.9. The van der Waals surface area contributed by atoms with Gasteiger partial charge in [-0.15, -0.1) is 0 Å². The Kier molecular flexibility index (Phi) is 5.10. The molecule has 19 heavy (non-hydrogen) atoms. The lowest BCUT2D eigenvalue weighted by atomic mass is 9.62. The molecule has 0 heterocycles. The van der Waals surface area contributed by atoms with Gasteiger partial charge < -0.3 is 0 Å². The van der Waals surface area contributed by atoms with Gasteiger partial charge in [-0.2, -0.15) is 0 Å². The second-order valence-corrected chi connectivity index (χ2v) is 8.76. The van der Waals surface area contributed by atoms with E-state index in [1.807, 2.05) is 0 Å². The first-order valence-corrected chi connectivity index (χ1v) is 9.35. The molecule has 2 rings (SSSR count). The minimum absolute atomic E-state index is 0.0676. The molecule has 0 saturated heterocycles. The maximum atomic E-state index is 12.4. The molecule has 2 saturated carbocycles. The van der Waals surface area contributed by atoms with E-state index in [9.17, 15) is 4.21 Å². The van der Waals surface area contributed by atoms with Crippen LogP contribution in [0.4, 0.5) is 0 Å². The van der Waals surface area contributed by atoms with Gasteiger partial charge in [0.05, 0.1) is 15.7 Å². The van der Waals surface area contributed by atoms with Crippen LogP contribution in [-0.4, -0.2) is 8.96 Å². The van der Waals surface area contributed by atoms with Gasteiger partial charge in [0.2, 0.25) is 0 Å². The molecule has 0 radical (unpaired) electrons. The highest BCUT2D eigenvalue weighted by Gasteiger charge is 2.49. The number of nitrogens with two attached hydrogens (primary N) is 1. The molecular weight excluding hydrogens is 254 g/mol. The van der Waals surface area contributed by atoms with Gasteiger partial charge in [-0.3, -0.25) is 5.14 Å². The van der Waals surface area contributed by atoms with Crippen LogP contribution >= 0.6 is 0 Å². The molecule has 0 aromatic rings. The van der Waals surface area contributed by atoms with Crippen LogP contribution < -0.4 is 5.14 Å². The quantitative estimate of drug-likeness (QED) is 0.836. The Bertz CT molecular complexity index is 323. The zero-order valence-corrected chi connectivity index (χ0v) is 13.7. The minimum Gasteiger partial charge on any atom is -0.251 e. The summed E-state index contributed by atoms with van der Waals surface area (Å²) in [6, 6.07) is 0. The standard InChI is InChI=1S/C16H31NOS/c1-12(2)14-8-7-13(3)11-15(14)16(19(17)18)9-5-4-6-10-16/h12-15H,4-11,17H2,1-3H3. The summed E-state index contributed by atoms with van der Waals surface area (Å²) in [6.45, 7) is 7.03. The van der Waals surface area contributed by atoms with Crippen LogP contribution in [0.5, 0.6) is 0 Å². The predicted octanol–water partition coefficient (Wildman–Crippen LogP) is 4.02. The van der Waals surface area contributed by atoms with E-state index in [-0.39, 0.29) is 4.75 Å². The van der Waals surface area contributed by atoms with Crippen molar-refractivity contribution < 1.29 is 4.21 Å². The maximum absolute atomic E-state index is 12.4. The third kappa shape index (κ3) is 3.07. The molecule has 4 atom stereocenters. The van der Waals surface area contributed by atoms with Crippen molar-refractivity contribution >= 4 is 11.0 Å². The van der Waals surface area contributed by atoms with E-state index in [0.717, 1.165) is 24.7 Å². The second-order valence-electron chi connectivity index (χ2n) is 7.36. The predicted molar refractivity (Wildman–Crippen MR) is 83.0 cm³/mol. The van der Waals surface area contributed by atoms with Crippen molar-refractivity contribution in [3.63, 3.8) is 0 Å². The van der Waals surface area contributed by atoms with Gasteiger partial charge in [0.1, 0.15) is 0 Å². The molecule has 0 aromatic carbocycles. The monoisotopic (exact) mass is 285 g/mol. The summed E-state index contributed by atoms with van der Waals surface area (Å²) in [7, 11) is -1.16. The molecule has 2 fully saturated rings. The van der Waals surface area contributed by atoms with Crippen LogP contribution in [0, 0.1) is 23.7 Å². The largest absolute Gasteiger partial charge is 0.251 e. The highest BCUT2D eigenvalue weighted by atomic mass is 32.2. The van der Waals surface area contributed by atoms with E-state index < -0.39 is 11.0 Å². The lowest BCUT2D eigenvalue weighted by Crippen LogP contribution is -2.52. The van der Waals surface area contributed by atoms with Gasteiger partial charge in [0, 0.05) is 0 Å². The molecule has 0 amide bonds. The first-order valence-electron chi connectivity index (χ1n) is 8.13. The average Bonchev–Trinajstić information content (AvgIpc) is 2.38. The van der Waals surface area contributed by atoms with Gasteiger partial charge in [-0.1, -0.05) is 46.5 Å². The minimum atomic E-state index is -1.16. The van der Waals surface area contributed by atoms with Crippen molar-refractivity contribution in [1.82, 2.24) is 0 Å². The van der Waals surface area contributed by atoms with E-state index in [1.165, 1.54) is 38.5 Å². The van der Waals surface area contributed by atoms with E-state index >= 15 is 0 Å². The van der Waals surface area contributed by atoms with E-state index in [2.05, 4.69) is 20.8 Å². The Morgan fingerprint density at radius 2 is 1.79 bits per heavy atom. The molecule has 0 bridgehead atoms. The molecular formula is C16H31NOS. The topological polar surface area (TPSA) is 43.1 Å². The smallest absolute Gasteiger partial charge is 0.0954 e. The lowest BCUT2D eigenvalue weighted by molar-refractivity contribution is 0.0891. The molecule has 4 unspecified atom stereocenters. The fourth-order valence-electron chi connectivity index (χ4n) is 4.68. The van der Waals surface area contributed by atoms with Crippen LogP contribution in [0.25, 0.3) is 0 Å². The third-order valence-electron chi connectivity index (χ3n) is 5.80. The molecule has 0 aromatic heterocycles. The van der Waals surface area contributed by atoms with Crippen molar-refractivity contribution in [3.8, 4) is 0 Å². The maximum Gasteiger partial charge on any atom is 0.0954 e. The Morgan fingerprint density at radius 3 is 2.32 bits per heavy atom. The summed E-state index contributed by atoms with van der Waals surface area (Å²) in [5.74, 6) is 2.78. The molecule has 2 aliphatic rings. The summed E-state index contributed by atoms with van der Waals surface area (Å²) in [5.41, 5.74) is 0. The second kappa shape index (κ2) is 6.26. The summed E-state index contributed by atoms with van der Waals surface area (Å²) >= 11 is 0. The molecule has 112 valence electrons. The normalized spacial score (nSPS) is 37.2. The lowest BCUT2D eigenvalue weighted by Gasteiger charge is -2.49. The number of hydrogen-bond acceptors (Lipinski definition) is 1.